The molecule has 1 heterocycles. The summed E-state index contributed by atoms with van der Waals surface area (Å²) in [5.74, 6) is -0.961. The minimum absolute atomic E-state index is 0.108. The number of nitrogens with one attached hydrogen (secondary N) is 1. The van der Waals surface area contributed by atoms with Gasteiger partial charge in [0, 0.05) is 23.1 Å². The van der Waals surface area contributed by atoms with Crippen LogP contribution in [0.1, 0.15) is 19.3 Å². The van der Waals surface area contributed by atoms with Gasteiger partial charge in [0.25, 0.3) is 0 Å². The second-order valence-electron chi connectivity index (χ2n) is 5.79. The Morgan fingerprint density at radius 2 is 1.83 bits per heavy atom. The van der Waals surface area contributed by atoms with Crippen LogP contribution in [0.5, 0.6) is 0 Å². The molecule has 0 spiro atoms. The summed E-state index contributed by atoms with van der Waals surface area (Å²) in [5, 5.41) is 2.77. The molecule has 6 heteroatoms. The Bertz CT molecular complexity index is 660. The molecule has 0 radical (unpaired) electrons. The number of carbonyl (C=O) groups is 3. The first kappa shape index (κ1) is 15.9. The molecule has 1 aromatic rings. The van der Waals surface area contributed by atoms with E-state index in [9.17, 15) is 14.4 Å². The predicted molar refractivity (Wildman–Crippen MR) is 89.5 cm³/mol. The number of hydrogen-bond donors (Lipinski definition) is 1. The molecule has 2 aliphatic rings. The molecule has 1 aromatic carbocycles. The lowest BCUT2D eigenvalue weighted by Gasteiger charge is -2.14. The van der Waals surface area contributed by atoms with Crippen molar-refractivity contribution in [3.63, 3.8) is 0 Å². The average Bonchev–Trinajstić information content (AvgIpc) is 2.77. The molecule has 0 bridgehead atoms. The minimum atomic E-state index is -0.236. The summed E-state index contributed by atoms with van der Waals surface area (Å²) < 4.78 is 0.872. The van der Waals surface area contributed by atoms with Gasteiger partial charge in [-0.15, -0.1) is 0 Å². The van der Waals surface area contributed by atoms with Crippen LogP contribution >= 0.6 is 15.9 Å². The first-order chi connectivity index (χ1) is 11.1. The standard InChI is InChI=1S/C17H17BrN2O3/c18-11-4-3-5-12(10-11)19-15(21)8-9-20-16(22)13-6-1-2-7-14(13)17(20)23/h1-5,10,13-14H,6-9H2,(H,19,21)/t13-,14-/m0/s1. The normalized spacial score (nSPS) is 23.1. The van der Waals surface area contributed by atoms with E-state index >= 15 is 0 Å². The van der Waals surface area contributed by atoms with Gasteiger partial charge in [-0.1, -0.05) is 34.1 Å². The van der Waals surface area contributed by atoms with Crippen molar-refractivity contribution >= 4 is 39.3 Å². The lowest BCUT2D eigenvalue weighted by Crippen LogP contribution is -2.34. The van der Waals surface area contributed by atoms with E-state index in [4.69, 9.17) is 0 Å². The number of allylic oxidation sites excluding steroid dienone is 2. The van der Waals surface area contributed by atoms with Crippen molar-refractivity contribution in [1.29, 1.82) is 0 Å². The van der Waals surface area contributed by atoms with E-state index in [2.05, 4.69) is 21.2 Å². The number of anilines is 1. The fraction of sp³-hybridized carbons (Fsp3) is 0.353. The number of imide groups is 1. The summed E-state index contributed by atoms with van der Waals surface area (Å²) in [6.45, 7) is 0.143. The highest BCUT2D eigenvalue weighted by molar-refractivity contribution is 9.10. The summed E-state index contributed by atoms with van der Waals surface area (Å²) in [4.78, 5) is 37.9. The molecule has 1 N–H and O–H groups in total. The third kappa shape index (κ3) is 3.37. The van der Waals surface area contributed by atoms with Gasteiger partial charge < -0.3 is 5.32 Å². The molecule has 0 aromatic heterocycles. The number of halogens is 1. The molecule has 0 saturated carbocycles. The second-order valence-corrected chi connectivity index (χ2v) is 6.71. The molecule has 23 heavy (non-hydrogen) atoms. The average molecular weight is 377 g/mol. The zero-order valence-electron chi connectivity index (χ0n) is 12.5. The minimum Gasteiger partial charge on any atom is -0.326 e. The summed E-state index contributed by atoms with van der Waals surface area (Å²) in [6.07, 6.45) is 5.26. The van der Waals surface area contributed by atoms with E-state index in [1.807, 2.05) is 24.3 Å². The third-order valence-corrected chi connectivity index (χ3v) is 4.76. The van der Waals surface area contributed by atoms with Crippen LogP contribution in [0.4, 0.5) is 5.69 Å². The Kier molecular flexibility index (Phi) is 4.61. The summed E-state index contributed by atoms with van der Waals surface area (Å²) >= 11 is 3.34. The van der Waals surface area contributed by atoms with Crippen LogP contribution in [-0.4, -0.2) is 29.2 Å². The lowest BCUT2D eigenvalue weighted by molar-refractivity contribution is -0.140. The zero-order valence-corrected chi connectivity index (χ0v) is 14.1. The van der Waals surface area contributed by atoms with Crippen LogP contribution in [0.3, 0.4) is 0 Å². The van der Waals surface area contributed by atoms with Crippen LogP contribution in [0.2, 0.25) is 0 Å². The maximum absolute atomic E-state index is 12.3. The molecule has 1 aliphatic heterocycles. The van der Waals surface area contributed by atoms with Crippen LogP contribution in [0.25, 0.3) is 0 Å². The molecule has 5 nitrogen and oxygen atoms in total. The van der Waals surface area contributed by atoms with E-state index in [1.54, 1.807) is 12.1 Å². The first-order valence-corrected chi connectivity index (χ1v) is 8.41. The fourth-order valence-corrected chi connectivity index (χ4v) is 3.49. The van der Waals surface area contributed by atoms with Crippen molar-refractivity contribution < 1.29 is 14.4 Å². The molecule has 2 atom stereocenters. The van der Waals surface area contributed by atoms with Crippen LogP contribution in [0, 0.1) is 11.8 Å². The topological polar surface area (TPSA) is 66.5 Å². The van der Waals surface area contributed by atoms with Gasteiger partial charge in [0.15, 0.2) is 0 Å². The van der Waals surface area contributed by atoms with Crippen LogP contribution in [0.15, 0.2) is 40.9 Å². The van der Waals surface area contributed by atoms with Crippen LogP contribution < -0.4 is 5.32 Å². The van der Waals surface area contributed by atoms with Gasteiger partial charge in [0.05, 0.1) is 11.8 Å². The number of rotatable bonds is 4. The Morgan fingerprint density at radius 1 is 1.17 bits per heavy atom. The van der Waals surface area contributed by atoms with Gasteiger partial charge in [0.1, 0.15) is 0 Å². The quantitative estimate of drug-likeness (QED) is 0.648. The van der Waals surface area contributed by atoms with Crippen molar-refractivity contribution in [2.24, 2.45) is 11.8 Å². The van der Waals surface area contributed by atoms with Crippen molar-refractivity contribution in [3.05, 3.63) is 40.9 Å². The Labute approximate surface area is 142 Å². The number of carbonyl (C=O) groups excluding carboxylic acids is 3. The highest BCUT2D eigenvalue weighted by Gasteiger charge is 2.46. The van der Waals surface area contributed by atoms with E-state index in [0.29, 0.717) is 18.5 Å². The summed E-state index contributed by atoms with van der Waals surface area (Å²) in [6, 6.07) is 7.28. The van der Waals surface area contributed by atoms with E-state index in [0.717, 1.165) is 4.47 Å². The maximum atomic E-state index is 12.3. The monoisotopic (exact) mass is 376 g/mol. The van der Waals surface area contributed by atoms with Crippen LogP contribution in [-0.2, 0) is 14.4 Å². The van der Waals surface area contributed by atoms with Crippen molar-refractivity contribution in [1.82, 2.24) is 4.90 Å². The van der Waals surface area contributed by atoms with E-state index in [-0.39, 0.29) is 42.5 Å². The molecule has 1 saturated heterocycles. The molecule has 120 valence electrons. The number of amides is 3. The largest absolute Gasteiger partial charge is 0.326 e. The fourth-order valence-electron chi connectivity index (χ4n) is 3.09. The van der Waals surface area contributed by atoms with Gasteiger partial charge in [-0.3, -0.25) is 19.3 Å². The molecule has 0 unspecified atom stereocenters. The van der Waals surface area contributed by atoms with Crippen molar-refractivity contribution in [2.75, 3.05) is 11.9 Å². The van der Waals surface area contributed by atoms with Gasteiger partial charge in [-0.2, -0.15) is 0 Å². The first-order valence-electron chi connectivity index (χ1n) is 7.62. The predicted octanol–water partition coefficient (Wildman–Crippen LogP) is 2.73. The maximum Gasteiger partial charge on any atom is 0.233 e. The van der Waals surface area contributed by atoms with Gasteiger partial charge in [0.2, 0.25) is 17.7 Å². The Morgan fingerprint density at radius 3 is 2.43 bits per heavy atom. The number of fused-ring (bicyclic) bond motifs is 1. The van der Waals surface area contributed by atoms with Gasteiger partial charge in [-0.05, 0) is 31.0 Å². The van der Waals surface area contributed by atoms with E-state index < -0.39 is 0 Å². The molecule has 1 aliphatic carbocycles. The number of nitrogens with zero attached hydrogens (tertiary/aromatic N) is 1. The third-order valence-electron chi connectivity index (χ3n) is 4.27. The van der Waals surface area contributed by atoms with Gasteiger partial charge >= 0.3 is 0 Å². The molecule has 3 rings (SSSR count). The Balaban J connectivity index is 1.57. The molecule has 3 amide bonds. The number of benzene rings is 1. The SMILES string of the molecule is O=C(CCN1C(=O)[C@H]2CC=CC[C@@H]2C1=O)Nc1cccc(Br)c1. The highest BCUT2D eigenvalue weighted by Crippen LogP contribution is 2.35. The molecule has 1 fully saturated rings. The van der Waals surface area contributed by atoms with Gasteiger partial charge in [-0.25, -0.2) is 0 Å². The molecular weight excluding hydrogens is 360 g/mol. The Hall–Kier alpha value is -1.95. The van der Waals surface area contributed by atoms with E-state index in [1.165, 1.54) is 4.90 Å². The highest BCUT2D eigenvalue weighted by atomic mass is 79.9. The number of hydrogen-bond acceptors (Lipinski definition) is 3. The smallest absolute Gasteiger partial charge is 0.233 e. The lowest BCUT2D eigenvalue weighted by atomic mass is 9.85. The second kappa shape index (κ2) is 6.66. The van der Waals surface area contributed by atoms with Crippen molar-refractivity contribution in [3.8, 4) is 0 Å². The number of likely N-dealkylation sites (tertiary alicyclic amines) is 1. The summed E-state index contributed by atoms with van der Waals surface area (Å²) in [5.41, 5.74) is 0.682. The molecular formula is C17H17BrN2O3. The zero-order chi connectivity index (χ0) is 16.4. The summed E-state index contributed by atoms with van der Waals surface area (Å²) in [7, 11) is 0. The van der Waals surface area contributed by atoms with Crippen molar-refractivity contribution in [2.45, 2.75) is 19.3 Å².